The first kappa shape index (κ1) is 18.9. The first-order valence-electron chi connectivity index (χ1n) is 9.51. The van der Waals surface area contributed by atoms with Crippen LogP contribution < -0.4 is 0 Å². The quantitative estimate of drug-likeness (QED) is 0.761. The van der Waals surface area contributed by atoms with Crippen molar-refractivity contribution in [3.05, 3.63) is 22.4 Å². The number of amides is 3. The lowest BCUT2D eigenvalue weighted by molar-refractivity contribution is -0.139. The maximum absolute atomic E-state index is 13.3. The van der Waals surface area contributed by atoms with Crippen LogP contribution in [0.15, 0.2) is 17.5 Å². The Morgan fingerprint density at radius 2 is 1.89 bits per heavy atom. The normalized spacial score (nSPS) is 28.0. The van der Waals surface area contributed by atoms with E-state index in [1.54, 1.807) is 16.2 Å². The first-order valence-corrected chi connectivity index (χ1v) is 12.2. The number of thiophene rings is 1. The van der Waals surface area contributed by atoms with E-state index in [2.05, 4.69) is 0 Å². The summed E-state index contributed by atoms with van der Waals surface area (Å²) in [5, 5.41) is 1.96. The van der Waals surface area contributed by atoms with Gasteiger partial charge in [-0.05, 0) is 30.7 Å². The lowest BCUT2D eigenvalue weighted by Gasteiger charge is -2.46. The highest BCUT2D eigenvalue weighted by Crippen LogP contribution is 2.36. The SMILES string of the molecule is CS(=O)(=O)N1CC[C@@H]2[C@H]1C(=O)N(C1CCCCC1)C(=O)N2Cc1cccs1. The number of nitrogens with zero attached hydrogens (tertiary/aromatic N) is 3. The van der Waals surface area contributed by atoms with Crippen LogP contribution in [0.5, 0.6) is 0 Å². The number of carbonyl (C=O) groups is 2. The molecule has 3 aliphatic rings. The molecule has 0 bridgehead atoms. The number of rotatable bonds is 4. The van der Waals surface area contributed by atoms with Crippen molar-refractivity contribution >= 4 is 33.3 Å². The average molecular weight is 412 g/mol. The van der Waals surface area contributed by atoms with Crippen molar-refractivity contribution in [3.63, 3.8) is 0 Å². The minimum atomic E-state index is -3.51. The minimum absolute atomic E-state index is 0.118. The highest BCUT2D eigenvalue weighted by atomic mass is 32.2. The van der Waals surface area contributed by atoms with Crippen LogP contribution in [0, 0.1) is 0 Å². The van der Waals surface area contributed by atoms with E-state index in [4.69, 9.17) is 0 Å². The number of sulfonamides is 1. The van der Waals surface area contributed by atoms with Gasteiger partial charge in [-0.15, -0.1) is 11.3 Å². The average Bonchev–Trinajstić information content (AvgIpc) is 3.29. The van der Waals surface area contributed by atoms with Crippen LogP contribution in [-0.4, -0.2) is 65.4 Å². The maximum atomic E-state index is 13.3. The van der Waals surface area contributed by atoms with Crippen molar-refractivity contribution in [2.75, 3.05) is 12.8 Å². The Labute approximate surface area is 164 Å². The van der Waals surface area contributed by atoms with Gasteiger partial charge < -0.3 is 4.90 Å². The second-order valence-corrected chi connectivity index (χ2v) is 10.6. The third-order valence-electron chi connectivity index (χ3n) is 5.93. The van der Waals surface area contributed by atoms with Gasteiger partial charge in [-0.3, -0.25) is 9.69 Å². The van der Waals surface area contributed by atoms with Gasteiger partial charge >= 0.3 is 6.03 Å². The Bertz CT molecular complexity index is 818. The van der Waals surface area contributed by atoms with E-state index in [0.717, 1.165) is 43.2 Å². The number of hydrogen-bond acceptors (Lipinski definition) is 5. The van der Waals surface area contributed by atoms with Gasteiger partial charge in [0.05, 0.1) is 18.8 Å². The van der Waals surface area contributed by atoms with E-state index in [-0.39, 0.29) is 30.6 Å². The van der Waals surface area contributed by atoms with Crippen LogP contribution in [0.1, 0.15) is 43.4 Å². The molecule has 0 unspecified atom stereocenters. The third kappa shape index (κ3) is 3.40. The van der Waals surface area contributed by atoms with Crippen molar-refractivity contribution in [2.45, 2.75) is 63.2 Å². The van der Waals surface area contributed by atoms with E-state index in [9.17, 15) is 18.0 Å². The van der Waals surface area contributed by atoms with Crippen molar-refractivity contribution in [3.8, 4) is 0 Å². The summed E-state index contributed by atoms with van der Waals surface area (Å²) in [4.78, 5) is 30.8. The van der Waals surface area contributed by atoms with Crippen molar-refractivity contribution < 1.29 is 18.0 Å². The molecule has 148 valence electrons. The number of carbonyl (C=O) groups excluding carboxylic acids is 2. The van der Waals surface area contributed by atoms with Crippen molar-refractivity contribution in [1.82, 2.24) is 14.1 Å². The molecule has 0 radical (unpaired) electrons. The van der Waals surface area contributed by atoms with E-state index >= 15 is 0 Å². The van der Waals surface area contributed by atoms with E-state index < -0.39 is 16.1 Å². The van der Waals surface area contributed by atoms with Crippen LogP contribution in [-0.2, 0) is 21.4 Å². The molecular weight excluding hydrogens is 386 g/mol. The van der Waals surface area contributed by atoms with Crippen LogP contribution in [0.4, 0.5) is 4.79 Å². The summed E-state index contributed by atoms with van der Waals surface area (Å²) in [5.74, 6) is -0.331. The molecule has 27 heavy (non-hydrogen) atoms. The molecule has 3 fully saturated rings. The zero-order valence-corrected chi connectivity index (χ0v) is 17.0. The van der Waals surface area contributed by atoms with Crippen LogP contribution >= 0.6 is 11.3 Å². The highest BCUT2D eigenvalue weighted by molar-refractivity contribution is 7.88. The molecule has 1 aliphatic carbocycles. The Kier molecular flexibility index (Phi) is 5.02. The summed E-state index contributed by atoms with van der Waals surface area (Å²) in [5.41, 5.74) is 0. The van der Waals surface area contributed by atoms with Gasteiger partial charge in [0.2, 0.25) is 10.0 Å². The summed E-state index contributed by atoms with van der Waals surface area (Å²) in [6.07, 6.45) is 6.37. The van der Waals surface area contributed by atoms with Gasteiger partial charge in [0.15, 0.2) is 0 Å². The van der Waals surface area contributed by atoms with Crippen LogP contribution in [0.3, 0.4) is 0 Å². The third-order valence-corrected chi connectivity index (χ3v) is 8.06. The number of hydrogen-bond donors (Lipinski definition) is 0. The second kappa shape index (κ2) is 7.18. The molecule has 1 aromatic rings. The molecule has 2 saturated heterocycles. The maximum Gasteiger partial charge on any atom is 0.327 e. The summed E-state index contributed by atoms with van der Waals surface area (Å²) in [6, 6.07) is 2.36. The molecular formula is C18H25N3O4S2. The molecule has 4 rings (SSSR count). The Morgan fingerprint density at radius 1 is 1.15 bits per heavy atom. The van der Waals surface area contributed by atoms with Gasteiger partial charge in [0.1, 0.15) is 6.04 Å². The molecule has 7 nitrogen and oxygen atoms in total. The van der Waals surface area contributed by atoms with E-state index in [1.165, 1.54) is 9.21 Å². The smallest absolute Gasteiger partial charge is 0.314 e. The van der Waals surface area contributed by atoms with Gasteiger partial charge in [-0.1, -0.05) is 25.3 Å². The van der Waals surface area contributed by atoms with Gasteiger partial charge in [0, 0.05) is 17.5 Å². The molecule has 0 spiro atoms. The Balaban J connectivity index is 1.70. The van der Waals surface area contributed by atoms with E-state index in [0.29, 0.717) is 13.0 Å². The van der Waals surface area contributed by atoms with Gasteiger partial charge in [-0.2, -0.15) is 4.31 Å². The summed E-state index contributed by atoms with van der Waals surface area (Å²) in [7, 11) is -3.51. The molecule has 3 amide bonds. The topological polar surface area (TPSA) is 78.0 Å². The fourth-order valence-corrected chi connectivity index (χ4v) is 6.47. The predicted octanol–water partition coefficient (Wildman–Crippen LogP) is 2.25. The summed E-state index contributed by atoms with van der Waals surface area (Å²) >= 11 is 1.57. The number of imide groups is 1. The van der Waals surface area contributed by atoms with Crippen molar-refractivity contribution in [2.24, 2.45) is 0 Å². The largest absolute Gasteiger partial charge is 0.327 e. The number of fused-ring (bicyclic) bond motifs is 1. The summed E-state index contributed by atoms with van der Waals surface area (Å²) < 4.78 is 25.8. The molecule has 1 saturated carbocycles. The van der Waals surface area contributed by atoms with Crippen LogP contribution in [0.25, 0.3) is 0 Å². The zero-order valence-electron chi connectivity index (χ0n) is 15.4. The van der Waals surface area contributed by atoms with Gasteiger partial charge in [-0.25, -0.2) is 13.2 Å². The predicted molar refractivity (Wildman–Crippen MR) is 103 cm³/mol. The lowest BCUT2D eigenvalue weighted by Crippen LogP contribution is -2.67. The van der Waals surface area contributed by atoms with Crippen LogP contribution in [0.2, 0.25) is 0 Å². The fourth-order valence-electron chi connectivity index (χ4n) is 4.68. The molecule has 3 heterocycles. The van der Waals surface area contributed by atoms with Gasteiger partial charge in [0.25, 0.3) is 5.91 Å². The molecule has 0 aromatic carbocycles. The minimum Gasteiger partial charge on any atom is -0.314 e. The van der Waals surface area contributed by atoms with E-state index in [1.807, 2.05) is 17.5 Å². The monoisotopic (exact) mass is 411 g/mol. The lowest BCUT2D eigenvalue weighted by atomic mass is 9.92. The Hall–Kier alpha value is -1.45. The number of urea groups is 1. The highest BCUT2D eigenvalue weighted by Gasteiger charge is 2.55. The molecule has 2 aliphatic heterocycles. The Morgan fingerprint density at radius 3 is 2.52 bits per heavy atom. The fraction of sp³-hybridized carbons (Fsp3) is 0.667. The zero-order chi connectivity index (χ0) is 19.2. The summed E-state index contributed by atoms with van der Waals surface area (Å²) in [6.45, 7) is 0.707. The molecule has 1 aromatic heterocycles. The molecule has 0 N–H and O–H groups in total. The van der Waals surface area contributed by atoms with Crippen molar-refractivity contribution in [1.29, 1.82) is 0 Å². The molecule has 9 heteroatoms. The molecule has 2 atom stereocenters. The second-order valence-electron chi connectivity index (χ2n) is 7.66. The first-order chi connectivity index (χ1) is 12.9. The standard InChI is InChI=1S/C18H25N3O4S2/c1-27(24,25)20-10-9-15-16(20)17(22)21(13-6-3-2-4-7-13)18(23)19(15)12-14-8-5-11-26-14/h5,8,11,13,15-16H,2-4,6-7,9-10,12H2,1H3/t15-,16+/m1/s1.